The zero-order chi connectivity index (χ0) is 48.2. The van der Waals surface area contributed by atoms with Gasteiger partial charge < -0.3 is 64.2 Å². The van der Waals surface area contributed by atoms with E-state index in [2.05, 4.69) is 56.4 Å². The Labute approximate surface area is 391 Å². The number of aliphatic hydroxyl groups excluding tert-OH is 7. The SMILES string of the molecule is CC/C=C/C=C/C=C/C=C/C=C/CCCC(=O)OC(COC(=O)CCC/C=C/C/C=C/C/C=C/C/C=C/CCCCC)CO[C@@H]1O[C@H](CO[C@@H]2O[C@H](CO)[C@H](O)C(O)C2O)[C@H](O)C(O)C1O. The van der Waals surface area contributed by atoms with E-state index in [0.29, 0.717) is 25.7 Å². The van der Waals surface area contributed by atoms with Gasteiger partial charge in [0.1, 0.15) is 55.4 Å². The molecule has 7 N–H and O–H groups in total. The van der Waals surface area contributed by atoms with Crippen LogP contribution in [0.2, 0.25) is 0 Å². The number of carbonyl (C=O) groups is 2. The highest BCUT2D eigenvalue weighted by atomic mass is 16.7. The highest BCUT2D eigenvalue weighted by Crippen LogP contribution is 2.26. The number of carbonyl (C=O) groups excluding carboxylic acids is 2. The predicted octanol–water partition coefficient (Wildman–Crippen LogP) is 5.59. The Hall–Kier alpha value is -3.84. The standard InChI is InChI=1S/C51H78O15/c1-3-5-7-9-11-13-15-17-18-19-20-22-23-25-27-29-31-33-42(53)61-36-39(64-43(54)34-32-30-28-26-24-21-16-14-12-10-8-6-4-2)37-62-50-49(60)47(58)45(56)41(66-50)38-63-51-48(59)46(57)44(55)40(35-52)65-51/h6,8,10-14,16-18,20-22,24-28,39-41,44-52,55-60H,3-5,7,9,15,19,23,29-38H2,1-2H3/b8-6+,12-10+,13-11+,16-14+,18-17+,22-20+,24-21+,27-25+,28-26+/t39?,40-,41-,44+,45+,46?,47?,48?,49?,50-,51-/m1/s1. The highest BCUT2D eigenvalue weighted by molar-refractivity contribution is 5.70. The molecule has 2 aliphatic heterocycles. The molecular formula is C51H78O15. The van der Waals surface area contributed by atoms with Crippen LogP contribution in [0.5, 0.6) is 0 Å². The maximum absolute atomic E-state index is 12.9. The van der Waals surface area contributed by atoms with E-state index < -0.39 is 99.3 Å². The van der Waals surface area contributed by atoms with E-state index in [0.717, 1.165) is 32.1 Å². The Morgan fingerprint density at radius 1 is 0.515 bits per heavy atom. The molecule has 2 saturated heterocycles. The van der Waals surface area contributed by atoms with E-state index in [1.807, 2.05) is 66.8 Å². The van der Waals surface area contributed by atoms with E-state index in [9.17, 15) is 45.3 Å². The van der Waals surface area contributed by atoms with E-state index in [1.165, 1.54) is 19.3 Å². The van der Waals surface area contributed by atoms with Gasteiger partial charge in [0.25, 0.3) is 0 Å². The van der Waals surface area contributed by atoms with Crippen molar-refractivity contribution in [2.24, 2.45) is 0 Å². The lowest BCUT2D eigenvalue weighted by Crippen LogP contribution is -2.61. The van der Waals surface area contributed by atoms with Crippen molar-refractivity contribution < 1.29 is 73.8 Å². The van der Waals surface area contributed by atoms with E-state index in [-0.39, 0.29) is 19.4 Å². The molecule has 0 saturated carbocycles. The average molecular weight is 931 g/mol. The lowest BCUT2D eigenvalue weighted by atomic mass is 9.98. The van der Waals surface area contributed by atoms with Gasteiger partial charge in [0.05, 0.1) is 19.8 Å². The van der Waals surface area contributed by atoms with E-state index in [1.54, 1.807) is 0 Å². The number of unbranched alkanes of at least 4 members (excludes halogenated alkanes) is 5. The first kappa shape index (κ1) is 58.3. The molecule has 2 rings (SSSR count). The molecule has 0 radical (unpaired) electrons. The molecule has 0 aliphatic carbocycles. The number of hydrogen-bond donors (Lipinski definition) is 7. The van der Waals surface area contributed by atoms with Crippen molar-refractivity contribution in [3.05, 3.63) is 109 Å². The van der Waals surface area contributed by atoms with Gasteiger partial charge in [0.15, 0.2) is 18.7 Å². The predicted molar refractivity (Wildman–Crippen MR) is 251 cm³/mol. The van der Waals surface area contributed by atoms with Crippen LogP contribution in [0, 0.1) is 0 Å². The van der Waals surface area contributed by atoms with E-state index >= 15 is 0 Å². The van der Waals surface area contributed by atoms with Crippen molar-refractivity contribution in [1.29, 1.82) is 0 Å². The van der Waals surface area contributed by atoms with Gasteiger partial charge in [0, 0.05) is 12.8 Å². The van der Waals surface area contributed by atoms with Crippen molar-refractivity contribution in [1.82, 2.24) is 0 Å². The largest absolute Gasteiger partial charge is 0.462 e. The lowest BCUT2D eigenvalue weighted by Gasteiger charge is -2.42. The summed E-state index contributed by atoms with van der Waals surface area (Å²) in [5.74, 6) is -1.09. The molecule has 0 spiro atoms. The van der Waals surface area contributed by atoms with Gasteiger partial charge in [-0.2, -0.15) is 0 Å². The fourth-order valence-corrected chi connectivity index (χ4v) is 6.47. The van der Waals surface area contributed by atoms with Crippen LogP contribution in [-0.2, 0) is 38.0 Å². The van der Waals surface area contributed by atoms with Crippen molar-refractivity contribution >= 4 is 11.9 Å². The van der Waals surface area contributed by atoms with Gasteiger partial charge in [0.2, 0.25) is 0 Å². The smallest absolute Gasteiger partial charge is 0.306 e. The molecule has 372 valence electrons. The maximum Gasteiger partial charge on any atom is 0.306 e. The summed E-state index contributed by atoms with van der Waals surface area (Å²) < 4.78 is 33.3. The first-order chi connectivity index (χ1) is 32.0. The van der Waals surface area contributed by atoms with Crippen LogP contribution in [0.3, 0.4) is 0 Å². The zero-order valence-corrected chi connectivity index (χ0v) is 38.9. The summed E-state index contributed by atoms with van der Waals surface area (Å²) in [7, 11) is 0. The summed E-state index contributed by atoms with van der Waals surface area (Å²) >= 11 is 0. The number of esters is 2. The molecule has 2 heterocycles. The monoisotopic (exact) mass is 931 g/mol. The van der Waals surface area contributed by atoms with Gasteiger partial charge in [-0.3, -0.25) is 9.59 Å². The van der Waals surface area contributed by atoms with Crippen LogP contribution >= 0.6 is 0 Å². The first-order valence-electron chi connectivity index (χ1n) is 23.5. The van der Waals surface area contributed by atoms with Crippen LogP contribution in [0.1, 0.15) is 104 Å². The van der Waals surface area contributed by atoms with E-state index in [4.69, 9.17) is 28.4 Å². The third kappa shape index (κ3) is 25.3. The van der Waals surface area contributed by atoms with Gasteiger partial charge in [-0.25, -0.2) is 0 Å². The third-order valence-electron chi connectivity index (χ3n) is 10.4. The molecule has 0 amide bonds. The number of rotatable bonds is 33. The maximum atomic E-state index is 12.9. The Balaban J connectivity index is 1.90. The number of aliphatic hydroxyl groups is 7. The lowest BCUT2D eigenvalue weighted by molar-refractivity contribution is -0.332. The fraction of sp³-hybridized carbons (Fsp3) is 0.608. The second-order valence-electron chi connectivity index (χ2n) is 16.0. The minimum Gasteiger partial charge on any atom is -0.462 e. The molecule has 0 bridgehead atoms. The van der Waals surface area contributed by atoms with Crippen LogP contribution < -0.4 is 0 Å². The Morgan fingerprint density at radius 3 is 1.58 bits per heavy atom. The molecule has 11 atom stereocenters. The number of allylic oxidation sites excluding steroid dienone is 18. The summed E-state index contributed by atoms with van der Waals surface area (Å²) in [6, 6.07) is 0. The second-order valence-corrected chi connectivity index (χ2v) is 16.0. The molecule has 2 aliphatic rings. The van der Waals surface area contributed by atoms with Crippen molar-refractivity contribution in [2.45, 2.75) is 171 Å². The number of hydrogen-bond acceptors (Lipinski definition) is 15. The zero-order valence-electron chi connectivity index (χ0n) is 38.9. The summed E-state index contributed by atoms with van der Waals surface area (Å²) in [4.78, 5) is 25.6. The number of ether oxygens (including phenoxy) is 6. The molecule has 5 unspecified atom stereocenters. The summed E-state index contributed by atoms with van der Waals surface area (Å²) in [5.41, 5.74) is 0. The van der Waals surface area contributed by atoms with Gasteiger partial charge in [-0.1, -0.05) is 136 Å². The Kier molecular flexibility index (Phi) is 32.8. The fourth-order valence-electron chi connectivity index (χ4n) is 6.47. The molecule has 15 nitrogen and oxygen atoms in total. The molecule has 0 aromatic carbocycles. The third-order valence-corrected chi connectivity index (χ3v) is 10.4. The van der Waals surface area contributed by atoms with Crippen LogP contribution in [0.4, 0.5) is 0 Å². The summed E-state index contributed by atoms with van der Waals surface area (Å²) in [6.07, 6.45) is 30.0. The molecule has 15 heteroatoms. The quantitative estimate of drug-likeness (QED) is 0.0184. The Morgan fingerprint density at radius 2 is 1.00 bits per heavy atom. The van der Waals surface area contributed by atoms with Crippen LogP contribution in [0.15, 0.2) is 109 Å². The topological polar surface area (TPSA) is 231 Å². The van der Waals surface area contributed by atoms with Crippen LogP contribution in [0.25, 0.3) is 0 Å². The second kappa shape index (κ2) is 37.2. The first-order valence-corrected chi connectivity index (χ1v) is 23.5. The molecule has 0 aromatic heterocycles. The normalized spacial score (nSPS) is 27.2. The highest BCUT2D eigenvalue weighted by Gasteiger charge is 2.47. The van der Waals surface area contributed by atoms with Gasteiger partial charge in [-0.15, -0.1) is 0 Å². The molecule has 2 fully saturated rings. The minimum absolute atomic E-state index is 0.0500. The van der Waals surface area contributed by atoms with Crippen molar-refractivity contribution in [3.8, 4) is 0 Å². The van der Waals surface area contributed by atoms with Crippen molar-refractivity contribution in [2.75, 3.05) is 26.4 Å². The molecule has 66 heavy (non-hydrogen) atoms. The summed E-state index contributed by atoms with van der Waals surface area (Å²) in [6.45, 7) is 2.23. The Bertz CT molecular complexity index is 1560. The molecular weight excluding hydrogens is 853 g/mol. The minimum atomic E-state index is -1.79. The van der Waals surface area contributed by atoms with Gasteiger partial charge in [-0.05, 0) is 64.2 Å². The van der Waals surface area contributed by atoms with Crippen molar-refractivity contribution in [3.63, 3.8) is 0 Å². The average Bonchev–Trinajstić information content (AvgIpc) is 3.31. The molecule has 0 aromatic rings. The van der Waals surface area contributed by atoms with Gasteiger partial charge >= 0.3 is 11.9 Å². The summed E-state index contributed by atoms with van der Waals surface area (Å²) in [5, 5.41) is 71.9. The van der Waals surface area contributed by atoms with Crippen LogP contribution in [-0.4, -0.2) is 142 Å².